The van der Waals surface area contributed by atoms with Crippen LogP contribution in [-0.4, -0.2) is 60.0 Å². The number of nitrogens with one attached hydrogen (secondary N) is 1. The number of rotatable bonds is 14. The van der Waals surface area contributed by atoms with Gasteiger partial charge in [-0.15, -0.1) is 5.10 Å². The van der Waals surface area contributed by atoms with Gasteiger partial charge in [-0.25, -0.2) is 0 Å². The number of benzene rings is 4. The van der Waals surface area contributed by atoms with Crippen LogP contribution in [0.1, 0.15) is 52.9 Å². The van der Waals surface area contributed by atoms with Crippen molar-refractivity contribution in [3.8, 4) is 5.75 Å². The number of ether oxygens (including phenoxy) is 2. The lowest BCUT2D eigenvalue weighted by molar-refractivity contribution is 0.0250. The van der Waals surface area contributed by atoms with Crippen molar-refractivity contribution in [2.45, 2.75) is 69.5 Å². The number of carbonyl (C=O) groups is 1. The Bertz CT molecular complexity index is 1810. The maximum Gasteiger partial charge on any atom is 0.255 e. The Balaban J connectivity index is 1.15. The highest BCUT2D eigenvalue weighted by atomic mass is 28.3. The zero-order chi connectivity index (χ0) is 35.1. The van der Waals surface area contributed by atoms with Gasteiger partial charge in [0, 0.05) is 24.0 Å². The Labute approximate surface area is 296 Å². The van der Waals surface area contributed by atoms with Gasteiger partial charge in [0.2, 0.25) is 0 Å². The molecule has 0 aliphatic carbocycles. The lowest BCUT2D eigenvalue weighted by Gasteiger charge is -2.36. The topological polar surface area (TPSA) is 98.5 Å². The first-order valence-corrected chi connectivity index (χ1v) is 20.7. The lowest BCUT2D eigenvalue weighted by atomic mass is 9.95. The number of amides is 1. The molecule has 2 N–H and O–H groups in total. The van der Waals surface area contributed by atoms with Gasteiger partial charge in [0.25, 0.3) is 5.91 Å². The smallest absolute Gasteiger partial charge is 0.255 e. The summed E-state index contributed by atoms with van der Waals surface area (Å²) in [7, 11) is -0.303. The SMILES string of the molecule is COc1ccc([Si](C)(C)[C@@H]2[C@@H](C)[C@@H](CCc3ccc(NC(=O)c4ccccc4)cc3)O[C@H]2CCn2cc(C(CO)c3ccccc3)nn2)cc1. The summed E-state index contributed by atoms with van der Waals surface area (Å²) in [5.41, 5.74) is 4.83. The van der Waals surface area contributed by atoms with Crippen LogP contribution >= 0.6 is 0 Å². The highest BCUT2D eigenvalue weighted by Crippen LogP contribution is 2.46. The fourth-order valence-corrected chi connectivity index (χ4v) is 11.8. The first-order chi connectivity index (χ1) is 24.3. The lowest BCUT2D eigenvalue weighted by Crippen LogP contribution is -2.50. The van der Waals surface area contributed by atoms with Crippen molar-refractivity contribution < 1.29 is 19.4 Å². The largest absolute Gasteiger partial charge is 0.497 e. The van der Waals surface area contributed by atoms with Crippen LogP contribution < -0.4 is 15.2 Å². The van der Waals surface area contributed by atoms with Crippen LogP contribution in [0.4, 0.5) is 5.69 Å². The second-order valence-corrected chi connectivity index (χ2v) is 18.6. The van der Waals surface area contributed by atoms with E-state index in [2.05, 4.69) is 72.0 Å². The number of aromatic nitrogens is 3. The molecule has 9 heteroatoms. The summed E-state index contributed by atoms with van der Waals surface area (Å²) < 4.78 is 14.4. The summed E-state index contributed by atoms with van der Waals surface area (Å²) >= 11 is 0. The number of hydrogen-bond acceptors (Lipinski definition) is 6. The van der Waals surface area contributed by atoms with E-state index in [0.29, 0.717) is 23.6 Å². The molecule has 1 amide bonds. The van der Waals surface area contributed by atoms with Crippen molar-refractivity contribution in [1.82, 2.24) is 15.0 Å². The summed E-state index contributed by atoms with van der Waals surface area (Å²) in [5.74, 6) is 0.920. The molecule has 50 heavy (non-hydrogen) atoms. The van der Waals surface area contributed by atoms with E-state index in [0.717, 1.165) is 42.0 Å². The van der Waals surface area contributed by atoms with Gasteiger partial charge in [-0.2, -0.15) is 0 Å². The Kier molecular flexibility index (Phi) is 11.3. The number of hydrogen-bond donors (Lipinski definition) is 2. The van der Waals surface area contributed by atoms with E-state index in [1.54, 1.807) is 7.11 Å². The predicted molar refractivity (Wildman–Crippen MR) is 201 cm³/mol. The van der Waals surface area contributed by atoms with E-state index in [1.165, 1.54) is 10.8 Å². The van der Waals surface area contributed by atoms with Crippen LogP contribution in [0.2, 0.25) is 18.6 Å². The van der Waals surface area contributed by atoms with E-state index in [9.17, 15) is 9.90 Å². The zero-order valence-electron chi connectivity index (χ0n) is 29.4. The minimum atomic E-state index is -2.01. The summed E-state index contributed by atoms with van der Waals surface area (Å²) in [6.45, 7) is 7.97. The third-order valence-corrected chi connectivity index (χ3v) is 14.9. The van der Waals surface area contributed by atoms with Crippen LogP contribution in [-0.2, 0) is 17.7 Å². The van der Waals surface area contributed by atoms with Crippen molar-refractivity contribution in [2.75, 3.05) is 19.0 Å². The molecule has 1 aromatic heterocycles. The summed E-state index contributed by atoms with van der Waals surface area (Å²) in [4.78, 5) is 12.6. The third-order valence-electron chi connectivity index (χ3n) is 10.5. The molecule has 1 aliphatic heterocycles. The van der Waals surface area contributed by atoms with E-state index in [4.69, 9.17) is 9.47 Å². The van der Waals surface area contributed by atoms with E-state index in [1.807, 2.05) is 83.7 Å². The fourth-order valence-electron chi connectivity index (χ4n) is 7.67. The van der Waals surface area contributed by atoms with Gasteiger partial charge in [0.15, 0.2) is 0 Å². The first kappa shape index (κ1) is 35.3. The number of aliphatic hydroxyl groups is 1. The van der Waals surface area contributed by atoms with Gasteiger partial charge in [0.05, 0.1) is 45.6 Å². The van der Waals surface area contributed by atoms with E-state index in [-0.39, 0.29) is 30.6 Å². The molecule has 260 valence electrons. The minimum Gasteiger partial charge on any atom is -0.497 e. The van der Waals surface area contributed by atoms with Crippen molar-refractivity contribution in [1.29, 1.82) is 0 Å². The second kappa shape index (κ2) is 16.0. The molecular weight excluding hydrogens is 641 g/mol. The number of anilines is 1. The van der Waals surface area contributed by atoms with Gasteiger partial charge in [-0.05, 0) is 78.2 Å². The van der Waals surface area contributed by atoms with Gasteiger partial charge in [-0.1, -0.05) is 103 Å². The van der Waals surface area contributed by atoms with Crippen LogP contribution in [0.25, 0.3) is 0 Å². The molecule has 0 saturated carbocycles. The molecule has 2 heterocycles. The number of aryl methyl sites for hydroxylation is 2. The average Bonchev–Trinajstić information content (AvgIpc) is 3.75. The molecule has 1 saturated heterocycles. The summed E-state index contributed by atoms with van der Waals surface area (Å²) in [5, 5.41) is 23.5. The normalized spacial score (nSPS) is 19.6. The highest BCUT2D eigenvalue weighted by Gasteiger charge is 2.50. The summed E-state index contributed by atoms with van der Waals surface area (Å²) in [6.07, 6.45) is 4.79. The monoisotopic (exact) mass is 688 g/mol. The molecule has 0 radical (unpaired) electrons. The van der Waals surface area contributed by atoms with Gasteiger partial charge >= 0.3 is 0 Å². The van der Waals surface area contributed by atoms with Crippen molar-refractivity contribution in [3.05, 3.63) is 138 Å². The molecule has 0 bridgehead atoms. The van der Waals surface area contributed by atoms with E-state index >= 15 is 0 Å². The predicted octanol–water partition coefficient (Wildman–Crippen LogP) is 7.08. The number of methoxy groups -OCH3 is 1. The Morgan fingerprint density at radius 3 is 2.26 bits per heavy atom. The highest BCUT2D eigenvalue weighted by molar-refractivity contribution is 6.91. The number of aliphatic hydroxyl groups excluding tert-OH is 1. The maximum absolute atomic E-state index is 12.6. The standard InChI is InChI=1S/C41H48N4O4Si/c1-29-38(24-17-30-15-18-33(19-16-30)42-41(47)32-13-9-6-10-14-32)49-39(40(29)50(3,4)35-22-20-34(48-2)21-23-35)25-26-45-27-37(43-44-45)36(28-46)31-11-7-5-8-12-31/h5-16,18-23,27,29,36,38-40,46H,17,24-26,28H2,1-4H3,(H,42,47)/t29-,36?,38+,39-,40+/m0/s1. The van der Waals surface area contributed by atoms with Crippen LogP contribution in [0.15, 0.2) is 115 Å². The second-order valence-electron chi connectivity index (χ2n) is 13.9. The molecule has 1 aliphatic rings. The first-order valence-electron chi connectivity index (χ1n) is 17.6. The van der Waals surface area contributed by atoms with Crippen molar-refractivity contribution in [2.24, 2.45) is 5.92 Å². The quantitative estimate of drug-likeness (QED) is 0.121. The van der Waals surface area contributed by atoms with E-state index < -0.39 is 8.07 Å². The molecule has 4 aromatic carbocycles. The van der Waals surface area contributed by atoms with Gasteiger partial charge in [-0.3, -0.25) is 9.48 Å². The third kappa shape index (κ3) is 8.07. The Morgan fingerprint density at radius 2 is 1.60 bits per heavy atom. The molecule has 5 aromatic rings. The molecule has 5 atom stereocenters. The molecule has 1 unspecified atom stereocenters. The molecule has 8 nitrogen and oxygen atoms in total. The van der Waals surface area contributed by atoms with Crippen LogP contribution in [0.5, 0.6) is 5.75 Å². The number of nitrogens with zero attached hydrogens (tertiary/aromatic N) is 3. The van der Waals surface area contributed by atoms with Crippen LogP contribution in [0, 0.1) is 5.92 Å². The molecule has 6 rings (SSSR count). The minimum absolute atomic E-state index is 0.0254. The van der Waals surface area contributed by atoms with Crippen molar-refractivity contribution in [3.63, 3.8) is 0 Å². The Morgan fingerprint density at radius 1 is 0.920 bits per heavy atom. The molecule has 0 spiro atoms. The zero-order valence-corrected chi connectivity index (χ0v) is 30.4. The average molecular weight is 689 g/mol. The van der Waals surface area contributed by atoms with Gasteiger partial charge in [0.1, 0.15) is 5.75 Å². The molecule has 1 fully saturated rings. The van der Waals surface area contributed by atoms with Crippen molar-refractivity contribution >= 4 is 24.9 Å². The van der Waals surface area contributed by atoms with Gasteiger partial charge < -0.3 is 19.9 Å². The molecular formula is C41H48N4O4Si. The number of carbonyl (C=O) groups excluding carboxylic acids is 1. The van der Waals surface area contributed by atoms with Crippen LogP contribution in [0.3, 0.4) is 0 Å². The maximum atomic E-state index is 12.6. The summed E-state index contributed by atoms with van der Waals surface area (Å²) in [6, 6.07) is 36.0. The fraction of sp³-hybridized carbons (Fsp3) is 0.341. The Hall–Kier alpha value is -4.57.